The molecule has 94 valence electrons. The first-order valence-corrected chi connectivity index (χ1v) is 5.39. The Balaban J connectivity index is 3.00. The van der Waals surface area contributed by atoms with Crippen molar-refractivity contribution in [2.24, 2.45) is 5.73 Å². The molecular formula is C9H10BrFN2O4. The summed E-state index contributed by atoms with van der Waals surface area (Å²) in [5.41, 5.74) is 4.65. The molecule has 0 saturated carbocycles. The summed E-state index contributed by atoms with van der Waals surface area (Å²) in [5.74, 6) is -0.890. The van der Waals surface area contributed by atoms with Crippen molar-refractivity contribution in [3.05, 3.63) is 32.5 Å². The molecule has 1 aromatic carbocycles. The number of benzene rings is 1. The fourth-order valence-corrected chi connectivity index (χ4v) is 1.61. The second-order valence-electron chi connectivity index (χ2n) is 3.19. The average molecular weight is 309 g/mol. The minimum absolute atomic E-state index is 0.0351. The molecule has 0 radical (unpaired) electrons. The van der Waals surface area contributed by atoms with Gasteiger partial charge >= 0.3 is 5.69 Å². The van der Waals surface area contributed by atoms with Crippen LogP contribution in [0.15, 0.2) is 16.6 Å². The number of aliphatic hydroxyl groups excluding tert-OH is 1. The molecule has 0 amide bonds. The first kappa shape index (κ1) is 13.8. The Morgan fingerprint density at radius 1 is 1.65 bits per heavy atom. The number of aliphatic hydroxyl groups is 1. The van der Waals surface area contributed by atoms with Gasteiger partial charge in [0.2, 0.25) is 5.75 Å². The van der Waals surface area contributed by atoms with E-state index in [2.05, 4.69) is 15.9 Å². The molecule has 1 unspecified atom stereocenters. The van der Waals surface area contributed by atoms with Gasteiger partial charge in [0.05, 0.1) is 15.5 Å². The number of halogens is 2. The second-order valence-corrected chi connectivity index (χ2v) is 4.05. The molecule has 0 spiro atoms. The van der Waals surface area contributed by atoms with Crippen molar-refractivity contribution in [3.63, 3.8) is 0 Å². The van der Waals surface area contributed by atoms with Gasteiger partial charge in [-0.2, -0.15) is 0 Å². The molecule has 0 saturated heterocycles. The van der Waals surface area contributed by atoms with Crippen molar-refractivity contribution in [1.29, 1.82) is 0 Å². The first-order valence-electron chi connectivity index (χ1n) is 4.60. The maximum atomic E-state index is 13.0. The number of hydrogen-bond acceptors (Lipinski definition) is 5. The lowest BCUT2D eigenvalue weighted by atomic mass is 10.3. The maximum Gasteiger partial charge on any atom is 0.315 e. The smallest absolute Gasteiger partial charge is 0.315 e. The molecular weight excluding hydrogens is 299 g/mol. The second kappa shape index (κ2) is 5.89. The van der Waals surface area contributed by atoms with Crippen LogP contribution in [0.3, 0.4) is 0 Å². The largest absolute Gasteiger partial charge is 0.483 e. The lowest BCUT2D eigenvalue weighted by molar-refractivity contribution is -0.386. The molecule has 1 rings (SSSR count). The lowest BCUT2D eigenvalue weighted by Crippen LogP contribution is -2.26. The number of hydrogen-bond donors (Lipinski definition) is 2. The van der Waals surface area contributed by atoms with Gasteiger partial charge in [-0.05, 0) is 22.0 Å². The van der Waals surface area contributed by atoms with Crippen LogP contribution in [0.1, 0.15) is 0 Å². The van der Waals surface area contributed by atoms with Crippen molar-refractivity contribution in [2.75, 3.05) is 13.2 Å². The van der Waals surface area contributed by atoms with Crippen LogP contribution >= 0.6 is 15.9 Å². The molecule has 0 aliphatic rings. The lowest BCUT2D eigenvalue weighted by Gasteiger charge is -2.11. The van der Waals surface area contributed by atoms with Crippen LogP contribution in [0.5, 0.6) is 5.75 Å². The van der Waals surface area contributed by atoms with Crippen molar-refractivity contribution in [1.82, 2.24) is 0 Å². The monoisotopic (exact) mass is 308 g/mol. The fraction of sp³-hybridized carbons (Fsp3) is 0.333. The molecule has 0 aliphatic heterocycles. The van der Waals surface area contributed by atoms with Crippen LogP contribution in [0.2, 0.25) is 0 Å². The van der Waals surface area contributed by atoms with E-state index in [9.17, 15) is 19.6 Å². The SMILES string of the molecule is NCC(O)COc1c(Br)cc(F)cc1[N+](=O)[O-]. The van der Waals surface area contributed by atoms with Gasteiger partial charge < -0.3 is 15.6 Å². The average Bonchev–Trinajstić information content (AvgIpc) is 2.26. The van der Waals surface area contributed by atoms with Gasteiger partial charge in [-0.3, -0.25) is 10.1 Å². The maximum absolute atomic E-state index is 13.0. The first-order chi connectivity index (χ1) is 7.95. The molecule has 3 N–H and O–H groups in total. The van der Waals surface area contributed by atoms with E-state index in [0.29, 0.717) is 0 Å². The quantitative estimate of drug-likeness (QED) is 0.629. The Morgan fingerprint density at radius 2 is 2.29 bits per heavy atom. The standard InChI is InChI=1S/C9H10BrFN2O4/c10-7-1-5(11)2-8(13(15)16)9(7)17-4-6(14)3-12/h1-2,6,14H,3-4,12H2. The summed E-state index contributed by atoms with van der Waals surface area (Å²) in [5, 5.41) is 19.9. The molecule has 8 heteroatoms. The van der Waals surface area contributed by atoms with Crippen LogP contribution in [-0.2, 0) is 0 Å². The van der Waals surface area contributed by atoms with Crippen molar-refractivity contribution >= 4 is 21.6 Å². The van der Waals surface area contributed by atoms with Crippen molar-refractivity contribution < 1.29 is 19.2 Å². The van der Waals surface area contributed by atoms with Crippen LogP contribution in [-0.4, -0.2) is 29.3 Å². The van der Waals surface area contributed by atoms with Gasteiger partial charge in [-0.25, -0.2) is 4.39 Å². The Hall–Kier alpha value is -1.25. The molecule has 0 aliphatic carbocycles. The fourth-order valence-electron chi connectivity index (χ4n) is 1.07. The summed E-state index contributed by atoms with van der Waals surface area (Å²) < 4.78 is 18.1. The minimum atomic E-state index is -0.938. The number of nitro groups is 1. The third-order valence-electron chi connectivity index (χ3n) is 1.88. The van der Waals surface area contributed by atoms with Crippen LogP contribution in [0.4, 0.5) is 10.1 Å². The highest BCUT2D eigenvalue weighted by molar-refractivity contribution is 9.10. The highest BCUT2D eigenvalue weighted by Gasteiger charge is 2.21. The van der Waals surface area contributed by atoms with E-state index in [1.54, 1.807) is 0 Å². The number of ether oxygens (including phenoxy) is 1. The molecule has 6 nitrogen and oxygen atoms in total. The van der Waals surface area contributed by atoms with Gasteiger partial charge in [0.1, 0.15) is 18.5 Å². The van der Waals surface area contributed by atoms with Gasteiger partial charge in [-0.15, -0.1) is 0 Å². The summed E-state index contributed by atoms with van der Waals surface area (Å²) in [6.07, 6.45) is -0.938. The van der Waals surface area contributed by atoms with E-state index < -0.39 is 22.5 Å². The van der Waals surface area contributed by atoms with Gasteiger partial charge in [0.25, 0.3) is 0 Å². The van der Waals surface area contributed by atoms with E-state index >= 15 is 0 Å². The highest BCUT2D eigenvalue weighted by atomic mass is 79.9. The van der Waals surface area contributed by atoms with E-state index in [0.717, 1.165) is 12.1 Å². The summed E-state index contributed by atoms with van der Waals surface area (Å²) in [4.78, 5) is 9.93. The summed E-state index contributed by atoms with van der Waals surface area (Å²) in [6.45, 7) is -0.242. The van der Waals surface area contributed by atoms with Crippen LogP contribution in [0.25, 0.3) is 0 Å². The summed E-state index contributed by atoms with van der Waals surface area (Å²) in [6, 6.07) is 1.78. The molecule has 0 bridgehead atoms. The van der Waals surface area contributed by atoms with E-state index in [-0.39, 0.29) is 23.4 Å². The topological polar surface area (TPSA) is 98.6 Å². The molecule has 0 aromatic heterocycles. The normalized spacial score (nSPS) is 12.2. The van der Waals surface area contributed by atoms with Crippen LogP contribution in [0, 0.1) is 15.9 Å². The highest BCUT2D eigenvalue weighted by Crippen LogP contribution is 2.35. The summed E-state index contributed by atoms with van der Waals surface area (Å²) >= 11 is 2.96. The van der Waals surface area contributed by atoms with Crippen LogP contribution < -0.4 is 10.5 Å². The van der Waals surface area contributed by atoms with Gasteiger partial charge in [0, 0.05) is 6.54 Å². The van der Waals surface area contributed by atoms with Gasteiger partial charge in [-0.1, -0.05) is 0 Å². The Morgan fingerprint density at radius 3 is 2.82 bits per heavy atom. The predicted molar refractivity (Wildman–Crippen MR) is 61.3 cm³/mol. The molecule has 1 aromatic rings. The number of nitrogens with two attached hydrogens (primary N) is 1. The van der Waals surface area contributed by atoms with Crippen molar-refractivity contribution in [3.8, 4) is 5.75 Å². The third kappa shape index (κ3) is 3.62. The Kier molecular flexibility index (Phi) is 4.79. The number of nitrogens with zero attached hydrogens (tertiary/aromatic N) is 1. The summed E-state index contributed by atoms with van der Waals surface area (Å²) in [7, 11) is 0. The zero-order chi connectivity index (χ0) is 13.0. The zero-order valence-corrected chi connectivity index (χ0v) is 10.2. The number of rotatable bonds is 5. The van der Waals surface area contributed by atoms with Gasteiger partial charge in [0.15, 0.2) is 0 Å². The molecule has 17 heavy (non-hydrogen) atoms. The van der Waals surface area contributed by atoms with E-state index in [1.165, 1.54) is 0 Å². The van der Waals surface area contributed by atoms with E-state index in [4.69, 9.17) is 10.5 Å². The number of nitro benzene ring substituents is 1. The Bertz CT molecular complexity index is 430. The molecule has 0 fully saturated rings. The van der Waals surface area contributed by atoms with Crippen molar-refractivity contribution in [2.45, 2.75) is 6.10 Å². The molecule has 1 atom stereocenters. The third-order valence-corrected chi connectivity index (χ3v) is 2.47. The zero-order valence-electron chi connectivity index (χ0n) is 8.60. The van der Waals surface area contributed by atoms with E-state index in [1.807, 2.05) is 0 Å². The Labute approximate surface area is 104 Å². The molecule has 0 heterocycles. The predicted octanol–water partition coefficient (Wildman–Crippen LogP) is 1.19. The minimum Gasteiger partial charge on any atom is -0.483 e.